The first-order valence-electron chi connectivity index (χ1n) is 11.9. The van der Waals surface area contributed by atoms with Gasteiger partial charge in [-0.15, -0.1) is 0 Å². The third-order valence-electron chi connectivity index (χ3n) is 6.01. The van der Waals surface area contributed by atoms with Crippen molar-refractivity contribution in [2.45, 2.75) is 19.1 Å². The van der Waals surface area contributed by atoms with Gasteiger partial charge in [0.1, 0.15) is 19.0 Å². The molecule has 0 N–H and O–H groups in total. The molecule has 1 atom stereocenters. The maximum Gasteiger partial charge on any atom is 0.209 e. The van der Waals surface area contributed by atoms with E-state index in [1.165, 1.54) is 0 Å². The molecule has 0 heterocycles. The molecule has 4 aromatic rings. The molecule has 5 heteroatoms. The molecule has 1 amide bonds. The van der Waals surface area contributed by atoms with Crippen molar-refractivity contribution in [3.8, 4) is 17.2 Å². The fraction of sp³-hybridized carbons (Fsp3) is 0.194. The van der Waals surface area contributed by atoms with Gasteiger partial charge in [0.25, 0.3) is 0 Å². The summed E-state index contributed by atoms with van der Waals surface area (Å²) in [6.07, 6.45) is 0.842. The topological polar surface area (TPSA) is 48.0 Å². The summed E-state index contributed by atoms with van der Waals surface area (Å²) in [5.41, 5.74) is 4.19. The fourth-order valence-corrected chi connectivity index (χ4v) is 4.10. The second-order valence-corrected chi connectivity index (χ2v) is 8.59. The van der Waals surface area contributed by atoms with Crippen molar-refractivity contribution >= 4 is 6.41 Å². The van der Waals surface area contributed by atoms with Crippen LogP contribution in [0.5, 0.6) is 17.2 Å². The monoisotopic (exact) mass is 481 g/mol. The molecule has 0 bridgehead atoms. The van der Waals surface area contributed by atoms with Crippen LogP contribution in [-0.2, 0) is 18.0 Å². The van der Waals surface area contributed by atoms with E-state index in [9.17, 15) is 4.79 Å². The highest BCUT2D eigenvalue weighted by atomic mass is 16.5. The number of rotatable bonds is 12. The molecule has 0 spiro atoms. The number of para-hydroxylation sites is 1. The number of likely N-dealkylation sites (N-methyl/N-ethyl adjacent to an activating group) is 1. The Morgan fingerprint density at radius 2 is 1.36 bits per heavy atom. The summed E-state index contributed by atoms with van der Waals surface area (Å²) in [5, 5.41) is 0. The molecule has 36 heavy (non-hydrogen) atoms. The van der Waals surface area contributed by atoms with Crippen LogP contribution in [0.2, 0.25) is 0 Å². The maximum atomic E-state index is 11.5. The Balaban J connectivity index is 1.61. The van der Waals surface area contributed by atoms with Crippen LogP contribution in [-0.4, -0.2) is 32.0 Å². The van der Waals surface area contributed by atoms with Gasteiger partial charge in [-0.25, -0.2) is 0 Å². The van der Waals surface area contributed by atoms with Gasteiger partial charge in [-0.3, -0.25) is 4.79 Å². The molecular weight excluding hydrogens is 450 g/mol. The summed E-state index contributed by atoms with van der Waals surface area (Å²) in [7, 11) is 3.42. The van der Waals surface area contributed by atoms with E-state index in [2.05, 4.69) is 0 Å². The zero-order valence-electron chi connectivity index (χ0n) is 20.7. The molecule has 5 nitrogen and oxygen atoms in total. The summed E-state index contributed by atoms with van der Waals surface area (Å²) in [4.78, 5) is 13.2. The van der Waals surface area contributed by atoms with Crippen LogP contribution in [0.4, 0.5) is 0 Å². The van der Waals surface area contributed by atoms with Crippen molar-refractivity contribution in [3.63, 3.8) is 0 Å². The van der Waals surface area contributed by atoms with Crippen molar-refractivity contribution in [1.29, 1.82) is 0 Å². The maximum absolute atomic E-state index is 11.5. The van der Waals surface area contributed by atoms with Gasteiger partial charge in [-0.05, 0) is 34.9 Å². The average Bonchev–Trinajstić information content (AvgIpc) is 2.95. The lowest BCUT2D eigenvalue weighted by Gasteiger charge is -2.25. The van der Waals surface area contributed by atoms with E-state index < -0.39 is 0 Å². The first-order valence-corrected chi connectivity index (χ1v) is 11.9. The van der Waals surface area contributed by atoms with Crippen molar-refractivity contribution in [3.05, 3.63) is 125 Å². The van der Waals surface area contributed by atoms with Crippen LogP contribution >= 0.6 is 0 Å². The highest BCUT2D eigenvalue weighted by Crippen LogP contribution is 2.39. The largest absolute Gasteiger partial charge is 0.493 e. The average molecular weight is 482 g/mol. The van der Waals surface area contributed by atoms with Crippen molar-refractivity contribution in [1.82, 2.24) is 4.90 Å². The van der Waals surface area contributed by atoms with Gasteiger partial charge >= 0.3 is 0 Å². The van der Waals surface area contributed by atoms with E-state index in [-0.39, 0.29) is 5.92 Å². The third-order valence-corrected chi connectivity index (χ3v) is 6.01. The molecule has 0 aliphatic rings. The van der Waals surface area contributed by atoms with Crippen molar-refractivity contribution in [2.24, 2.45) is 0 Å². The first kappa shape index (κ1) is 24.9. The van der Waals surface area contributed by atoms with Gasteiger partial charge in [0, 0.05) is 25.1 Å². The molecule has 4 aromatic carbocycles. The molecule has 4 rings (SSSR count). The minimum absolute atomic E-state index is 0.121. The molecule has 0 aliphatic carbocycles. The second kappa shape index (κ2) is 12.5. The molecular formula is C31H31NO4. The SMILES string of the molecule is COc1cccc([C@H](CN(C)C=O)c2ccc(OCc3ccccc3)cc2)c1OCc1ccccc1. The lowest BCUT2D eigenvalue weighted by atomic mass is 9.89. The van der Waals surface area contributed by atoms with Crippen LogP contribution in [0, 0.1) is 0 Å². The van der Waals surface area contributed by atoms with Gasteiger partial charge in [0.05, 0.1) is 7.11 Å². The van der Waals surface area contributed by atoms with E-state index in [1.54, 1.807) is 19.1 Å². The summed E-state index contributed by atoms with van der Waals surface area (Å²) < 4.78 is 17.9. The number of methoxy groups -OCH3 is 1. The van der Waals surface area contributed by atoms with Crippen LogP contribution < -0.4 is 14.2 Å². The minimum Gasteiger partial charge on any atom is -0.493 e. The summed E-state index contributed by atoms with van der Waals surface area (Å²) in [5.74, 6) is 2.00. The van der Waals surface area contributed by atoms with Crippen LogP contribution in [0.25, 0.3) is 0 Å². The Bertz CT molecular complexity index is 1230. The van der Waals surface area contributed by atoms with Gasteiger partial charge < -0.3 is 19.1 Å². The zero-order chi connectivity index (χ0) is 25.2. The smallest absolute Gasteiger partial charge is 0.209 e. The first-order chi connectivity index (χ1) is 17.7. The van der Waals surface area contributed by atoms with Crippen LogP contribution in [0.15, 0.2) is 103 Å². The van der Waals surface area contributed by atoms with Crippen LogP contribution in [0.1, 0.15) is 28.2 Å². The molecule has 0 unspecified atom stereocenters. The molecule has 0 aliphatic heterocycles. The second-order valence-electron chi connectivity index (χ2n) is 8.59. The van der Waals surface area contributed by atoms with Crippen molar-refractivity contribution < 1.29 is 19.0 Å². The Kier molecular flexibility index (Phi) is 8.60. The summed E-state index contributed by atoms with van der Waals surface area (Å²) >= 11 is 0. The zero-order valence-corrected chi connectivity index (χ0v) is 20.7. The number of nitrogens with zero attached hydrogens (tertiary/aromatic N) is 1. The van der Waals surface area contributed by atoms with Gasteiger partial charge in [0.2, 0.25) is 6.41 Å². The fourth-order valence-electron chi connectivity index (χ4n) is 4.10. The highest BCUT2D eigenvalue weighted by molar-refractivity contribution is 5.53. The van der Waals surface area contributed by atoms with Crippen LogP contribution in [0.3, 0.4) is 0 Å². The lowest BCUT2D eigenvalue weighted by molar-refractivity contribution is -0.117. The number of benzene rings is 4. The highest BCUT2D eigenvalue weighted by Gasteiger charge is 2.23. The summed E-state index contributed by atoms with van der Waals surface area (Å²) in [6, 6.07) is 34.0. The van der Waals surface area contributed by atoms with E-state index in [4.69, 9.17) is 14.2 Å². The quantitative estimate of drug-likeness (QED) is 0.230. The van der Waals surface area contributed by atoms with E-state index in [0.29, 0.717) is 31.3 Å². The molecule has 184 valence electrons. The third kappa shape index (κ3) is 6.45. The number of carbonyl (C=O) groups excluding carboxylic acids is 1. The lowest BCUT2D eigenvalue weighted by Crippen LogP contribution is -2.24. The number of ether oxygens (including phenoxy) is 3. The van der Waals surface area contributed by atoms with E-state index in [0.717, 1.165) is 34.4 Å². The normalized spacial score (nSPS) is 11.4. The number of carbonyl (C=O) groups is 1. The number of amides is 1. The predicted octanol–water partition coefficient (Wildman–Crippen LogP) is 6.07. The molecule has 0 radical (unpaired) electrons. The van der Waals surface area contributed by atoms with E-state index in [1.807, 2.05) is 103 Å². The van der Waals surface area contributed by atoms with E-state index >= 15 is 0 Å². The Morgan fingerprint density at radius 3 is 1.94 bits per heavy atom. The minimum atomic E-state index is -0.121. The molecule has 0 saturated carbocycles. The summed E-state index contributed by atoms with van der Waals surface area (Å²) in [6.45, 7) is 1.41. The Hall–Kier alpha value is -4.25. The van der Waals surface area contributed by atoms with Crippen molar-refractivity contribution in [2.75, 3.05) is 20.7 Å². The molecule has 0 saturated heterocycles. The van der Waals surface area contributed by atoms with Gasteiger partial charge in [-0.1, -0.05) is 84.9 Å². The Labute approximate surface area is 212 Å². The molecule has 0 fully saturated rings. The number of hydrogen-bond donors (Lipinski definition) is 0. The Morgan fingerprint density at radius 1 is 0.750 bits per heavy atom. The standard InChI is InChI=1S/C31H31NO4/c1-32(23-33)20-29(26-16-18-27(19-17-26)35-21-24-10-5-3-6-11-24)28-14-9-15-30(34-2)31(28)36-22-25-12-7-4-8-13-25/h3-19,23,29H,20-22H2,1-2H3/t29-/m1/s1. The van der Waals surface area contributed by atoms with Gasteiger partial charge in [-0.2, -0.15) is 0 Å². The predicted molar refractivity (Wildman–Crippen MR) is 142 cm³/mol. The van der Waals surface area contributed by atoms with Gasteiger partial charge in [0.15, 0.2) is 11.5 Å². The molecule has 0 aromatic heterocycles. The number of hydrogen-bond acceptors (Lipinski definition) is 4.